The van der Waals surface area contributed by atoms with Gasteiger partial charge in [0.05, 0.1) is 5.69 Å². The van der Waals surface area contributed by atoms with Crippen LogP contribution in [0.1, 0.15) is 26.0 Å². The molecule has 2 heteroatoms. The summed E-state index contributed by atoms with van der Waals surface area (Å²) in [5.74, 6) is 0.753. The van der Waals surface area contributed by atoms with Gasteiger partial charge in [-0.05, 0) is 24.6 Å². The predicted molar refractivity (Wildman–Crippen MR) is 55.4 cm³/mol. The maximum Gasteiger partial charge on any atom is 0.0541 e. The number of nitrogens with one attached hydrogen (secondary N) is 1. The molecule has 13 heavy (non-hydrogen) atoms. The molecule has 1 aromatic rings. The standard InChI is InChI=1S/C11H18N2/c1-3-10(2)8-12-9-11-6-4-5-7-13-11/h4-7,10,12H,3,8-9H2,1-2H3/t10-/m0/s1. The molecule has 0 amide bonds. The Morgan fingerprint density at radius 2 is 2.31 bits per heavy atom. The maximum absolute atomic E-state index is 4.24. The highest BCUT2D eigenvalue weighted by Gasteiger charge is 1.97. The molecule has 1 atom stereocenters. The number of aromatic nitrogens is 1. The van der Waals surface area contributed by atoms with Gasteiger partial charge in [0.1, 0.15) is 0 Å². The van der Waals surface area contributed by atoms with Crippen molar-refractivity contribution in [2.75, 3.05) is 6.54 Å². The topological polar surface area (TPSA) is 24.9 Å². The van der Waals surface area contributed by atoms with Crippen LogP contribution in [0.4, 0.5) is 0 Å². The second-order valence-corrected chi connectivity index (χ2v) is 3.47. The molecule has 0 aliphatic rings. The highest BCUT2D eigenvalue weighted by atomic mass is 14.9. The first-order valence-electron chi connectivity index (χ1n) is 4.93. The summed E-state index contributed by atoms with van der Waals surface area (Å²) in [6.07, 6.45) is 3.06. The second-order valence-electron chi connectivity index (χ2n) is 3.47. The fourth-order valence-electron chi connectivity index (χ4n) is 1.09. The molecular weight excluding hydrogens is 160 g/mol. The molecule has 0 aromatic carbocycles. The van der Waals surface area contributed by atoms with Gasteiger partial charge in [-0.2, -0.15) is 0 Å². The molecule has 0 aliphatic heterocycles. The molecular formula is C11H18N2. The molecule has 0 saturated heterocycles. The molecule has 1 aromatic heterocycles. The van der Waals surface area contributed by atoms with Gasteiger partial charge in [0.25, 0.3) is 0 Å². The Bertz CT molecular complexity index is 221. The van der Waals surface area contributed by atoms with E-state index in [1.54, 1.807) is 0 Å². The van der Waals surface area contributed by atoms with Gasteiger partial charge in [0, 0.05) is 12.7 Å². The molecule has 72 valence electrons. The van der Waals surface area contributed by atoms with Gasteiger partial charge in [0.15, 0.2) is 0 Å². The van der Waals surface area contributed by atoms with E-state index in [-0.39, 0.29) is 0 Å². The maximum atomic E-state index is 4.24. The molecule has 0 unspecified atom stereocenters. The minimum absolute atomic E-state index is 0.753. The molecule has 2 nitrogen and oxygen atoms in total. The number of hydrogen-bond acceptors (Lipinski definition) is 2. The van der Waals surface area contributed by atoms with Crippen LogP contribution in [-0.4, -0.2) is 11.5 Å². The summed E-state index contributed by atoms with van der Waals surface area (Å²) in [7, 11) is 0. The normalized spacial score (nSPS) is 12.8. The van der Waals surface area contributed by atoms with Crippen LogP contribution in [0.3, 0.4) is 0 Å². The zero-order valence-corrected chi connectivity index (χ0v) is 8.46. The molecule has 0 radical (unpaired) electrons. The van der Waals surface area contributed by atoms with Crippen molar-refractivity contribution in [2.24, 2.45) is 5.92 Å². The van der Waals surface area contributed by atoms with Gasteiger partial charge in [0.2, 0.25) is 0 Å². The van der Waals surface area contributed by atoms with Crippen molar-refractivity contribution >= 4 is 0 Å². The zero-order chi connectivity index (χ0) is 9.52. The average Bonchev–Trinajstić information content (AvgIpc) is 2.19. The van der Waals surface area contributed by atoms with E-state index in [1.807, 2.05) is 24.4 Å². The van der Waals surface area contributed by atoms with Gasteiger partial charge < -0.3 is 5.32 Å². The van der Waals surface area contributed by atoms with Crippen molar-refractivity contribution in [1.82, 2.24) is 10.3 Å². The SMILES string of the molecule is CC[C@H](C)CNCc1ccccn1. The summed E-state index contributed by atoms with van der Waals surface area (Å²) in [4.78, 5) is 4.24. The summed E-state index contributed by atoms with van der Waals surface area (Å²) in [5, 5.41) is 3.39. The Morgan fingerprint density at radius 1 is 1.46 bits per heavy atom. The largest absolute Gasteiger partial charge is 0.311 e. The first kappa shape index (κ1) is 10.2. The third-order valence-electron chi connectivity index (χ3n) is 2.22. The molecule has 0 fully saturated rings. The molecule has 0 aliphatic carbocycles. The summed E-state index contributed by atoms with van der Waals surface area (Å²) < 4.78 is 0. The third kappa shape index (κ3) is 4.04. The molecule has 1 rings (SSSR count). The van der Waals surface area contributed by atoms with Crippen molar-refractivity contribution in [3.8, 4) is 0 Å². The average molecular weight is 178 g/mol. The van der Waals surface area contributed by atoms with Gasteiger partial charge in [-0.15, -0.1) is 0 Å². The Kier molecular flexibility index (Phi) is 4.47. The van der Waals surface area contributed by atoms with Gasteiger partial charge >= 0.3 is 0 Å². The summed E-state index contributed by atoms with van der Waals surface area (Å²) >= 11 is 0. The minimum atomic E-state index is 0.753. The van der Waals surface area contributed by atoms with E-state index in [4.69, 9.17) is 0 Å². The van der Waals surface area contributed by atoms with E-state index in [1.165, 1.54) is 6.42 Å². The Morgan fingerprint density at radius 3 is 2.92 bits per heavy atom. The van der Waals surface area contributed by atoms with Crippen LogP contribution < -0.4 is 5.32 Å². The minimum Gasteiger partial charge on any atom is -0.311 e. The van der Waals surface area contributed by atoms with Gasteiger partial charge in [-0.1, -0.05) is 26.3 Å². The van der Waals surface area contributed by atoms with Crippen molar-refractivity contribution in [2.45, 2.75) is 26.8 Å². The fraction of sp³-hybridized carbons (Fsp3) is 0.545. The van der Waals surface area contributed by atoms with Crippen LogP contribution in [0, 0.1) is 5.92 Å². The Labute approximate surface area is 80.4 Å². The van der Waals surface area contributed by atoms with E-state index in [0.717, 1.165) is 24.7 Å². The van der Waals surface area contributed by atoms with Crippen molar-refractivity contribution < 1.29 is 0 Å². The molecule has 1 N–H and O–H groups in total. The van der Waals surface area contributed by atoms with Crippen molar-refractivity contribution in [3.05, 3.63) is 30.1 Å². The first-order chi connectivity index (χ1) is 6.33. The number of hydrogen-bond donors (Lipinski definition) is 1. The van der Waals surface area contributed by atoms with Gasteiger partial charge in [-0.3, -0.25) is 4.98 Å². The molecule has 0 spiro atoms. The summed E-state index contributed by atoms with van der Waals surface area (Å²) in [5.41, 5.74) is 1.12. The fourth-order valence-corrected chi connectivity index (χ4v) is 1.09. The van der Waals surface area contributed by atoms with Crippen LogP contribution in [-0.2, 0) is 6.54 Å². The quantitative estimate of drug-likeness (QED) is 0.747. The predicted octanol–water partition coefficient (Wildman–Crippen LogP) is 2.22. The Hall–Kier alpha value is -0.890. The summed E-state index contributed by atoms with van der Waals surface area (Å²) in [6, 6.07) is 6.01. The monoisotopic (exact) mass is 178 g/mol. The first-order valence-corrected chi connectivity index (χ1v) is 4.93. The highest BCUT2D eigenvalue weighted by Crippen LogP contribution is 1.98. The lowest BCUT2D eigenvalue weighted by molar-refractivity contribution is 0.497. The smallest absolute Gasteiger partial charge is 0.0541 e. The van der Waals surface area contributed by atoms with E-state index in [0.29, 0.717) is 0 Å². The van der Waals surface area contributed by atoms with E-state index in [2.05, 4.69) is 24.1 Å². The van der Waals surface area contributed by atoms with Crippen LogP contribution >= 0.6 is 0 Å². The molecule has 1 heterocycles. The van der Waals surface area contributed by atoms with Gasteiger partial charge in [-0.25, -0.2) is 0 Å². The number of rotatable bonds is 5. The Balaban J connectivity index is 2.20. The molecule has 0 bridgehead atoms. The van der Waals surface area contributed by atoms with Crippen LogP contribution in [0.2, 0.25) is 0 Å². The van der Waals surface area contributed by atoms with Crippen molar-refractivity contribution in [3.63, 3.8) is 0 Å². The number of nitrogens with zero attached hydrogens (tertiary/aromatic N) is 1. The lowest BCUT2D eigenvalue weighted by Crippen LogP contribution is -2.20. The number of pyridine rings is 1. The summed E-state index contributed by atoms with van der Waals surface area (Å²) in [6.45, 7) is 6.43. The van der Waals surface area contributed by atoms with Crippen LogP contribution in [0.5, 0.6) is 0 Å². The lowest BCUT2D eigenvalue weighted by Gasteiger charge is -2.09. The van der Waals surface area contributed by atoms with Crippen LogP contribution in [0.25, 0.3) is 0 Å². The molecule has 0 saturated carbocycles. The van der Waals surface area contributed by atoms with E-state index in [9.17, 15) is 0 Å². The van der Waals surface area contributed by atoms with Crippen LogP contribution in [0.15, 0.2) is 24.4 Å². The van der Waals surface area contributed by atoms with E-state index >= 15 is 0 Å². The van der Waals surface area contributed by atoms with E-state index < -0.39 is 0 Å². The second kappa shape index (κ2) is 5.70. The lowest BCUT2D eigenvalue weighted by atomic mass is 10.1. The highest BCUT2D eigenvalue weighted by molar-refractivity contribution is 5.02. The third-order valence-corrected chi connectivity index (χ3v) is 2.22. The van der Waals surface area contributed by atoms with Crippen molar-refractivity contribution in [1.29, 1.82) is 0 Å². The zero-order valence-electron chi connectivity index (χ0n) is 8.46.